The van der Waals surface area contributed by atoms with Gasteiger partial charge in [-0.05, 0) is 76.1 Å². The van der Waals surface area contributed by atoms with E-state index in [0.717, 1.165) is 36.3 Å². The smallest absolute Gasteiger partial charge is 0.262 e. The number of nitrogens with zero attached hydrogens (tertiary/aromatic N) is 8. The van der Waals surface area contributed by atoms with Crippen LogP contribution in [0.25, 0.3) is 16.9 Å². The van der Waals surface area contributed by atoms with Gasteiger partial charge >= 0.3 is 0 Å². The third-order valence-electron chi connectivity index (χ3n) is 12.7. The third-order valence-corrected chi connectivity index (χ3v) is 12.7. The minimum absolute atomic E-state index is 0.0543. The van der Waals surface area contributed by atoms with Crippen LogP contribution in [0.4, 0.5) is 11.4 Å². The average Bonchev–Trinajstić information content (AvgIpc) is 3.99. The number of fused-ring (bicyclic) bond motifs is 2. The van der Waals surface area contributed by atoms with E-state index in [1.165, 1.54) is 6.20 Å². The molecule has 6 amide bonds. The lowest BCUT2D eigenvalue weighted by Crippen LogP contribution is -2.55. The molecule has 1 aromatic carbocycles. The molecule has 0 spiro atoms. The second-order valence-corrected chi connectivity index (χ2v) is 16.5. The van der Waals surface area contributed by atoms with Gasteiger partial charge in [0.15, 0.2) is 11.5 Å². The maximum absolute atomic E-state index is 13.8. The highest BCUT2D eigenvalue weighted by Gasteiger charge is 2.45. The molecule has 1 unspecified atom stereocenters. The van der Waals surface area contributed by atoms with Crippen LogP contribution in [0.3, 0.4) is 0 Å². The molecule has 9 rings (SSSR count). The molecule has 4 aromatic rings. The molecule has 2 saturated heterocycles. The second kappa shape index (κ2) is 15.8. The van der Waals surface area contributed by atoms with Crippen LogP contribution in [-0.2, 0) is 14.4 Å². The van der Waals surface area contributed by atoms with Gasteiger partial charge in [-0.25, -0.2) is 9.97 Å². The molecule has 2 saturated carbocycles. The van der Waals surface area contributed by atoms with Gasteiger partial charge < -0.3 is 20.4 Å². The highest BCUT2D eigenvalue weighted by Crippen LogP contribution is 2.34. The molecule has 2 atom stereocenters. The number of benzene rings is 1. The Morgan fingerprint density at radius 3 is 2.40 bits per heavy atom. The van der Waals surface area contributed by atoms with Crippen LogP contribution < -0.4 is 20.9 Å². The van der Waals surface area contributed by atoms with Crippen molar-refractivity contribution >= 4 is 57.9 Å². The van der Waals surface area contributed by atoms with E-state index < -0.39 is 29.7 Å². The van der Waals surface area contributed by atoms with Crippen LogP contribution in [0, 0.1) is 17.2 Å². The molecule has 2 aliphatic carbocycles. The lowest BCUT2D eigenvalue weighted by molar-refractivity contribution is -0.138. The molecule has 0 bridgehead atoms. The zero-order valence-electron chi connectivity index (χ0n) is 33.2. The number of imide groups is 2. The largest absolute Gasteiger partial charge is 0.382 e. The van der Waals surface area contributed by atoms with Crippen molar-refractivity contribution in [3.05, 3.63) is 71.2 Å². The first-order valence-electron chi connectivity index (χ1n) is 20.8. The number of hydrogen-bond acceptors (Lipinski definition) is 12. The Kier molecular flexibility index (Phi) is 10.2. The molecule has 17 nitrogen and oxygen atoms in total. The molecule has 6 heterocycles. The van der Waals surface area contributed by atoms with Crippen LogP contribution in [0.2, 0.25) is 0 Å². The van der Waals surface area contributed by atoms with Crippen molar-refractivity contribution in [2.75, 3.05) is 29.9 Å². The molecule has 3 N–H and O–H groups in total. The standard InChI is InChI=1S/C43H45N11O6/c1-24-23-51(14-15-52(24)30-10-11-31-32(17-30)43(60)53(42(31)59)35-12-13-37(55)50-40(35)57)41(58)26-6-8-29(9-7-26)49-39(56)33-22-45-36(18-34(33)48-28-4-2-3-5-28)54-38-27(21-47-54)16-25(19-44)20-46-38/h10-11,16-18,20-22,24,26,28-29,35H,2-9,12-15,23H2,1H3,(H,45,48)(H,49,56)(H,50,55,57)/t24-,26?,29?,35?/m1/s1. The quantitative estimate of drug-likeness (QED) is 0.218. The summed E-state index contributed by atoms with van der Waals surface area (Å²) in [5.74, 6) is -1.93. The SMILES string of the molecule is C[C@@H]1CN(C(=O)C2CCC(NC(=O)c3cnc(-n4ncc5cc(C#N)cnc54)cc3NC3CCCC3)CC2)CCN1c1ccc2c(c1)C(=O)N(C1CCC(=O)NC1=O)C2=O. The van der Waals surface area contributed by atoms with Crippen molar-refractivity contribution in [3.63, 3.8) is 0 Å². The van der Waals surface area contributed by atoms with Crippen LogP contribution in [-0.4, -0.2) is 109 Å². The average molecular weight is 812 g/mol. The Balaban J connectivity index is 0.809. The Hall–Kier alpha value is -6.70. The fourth-order valence-electron chi connectivity index (χ4n) is 9.49. The van der Waals surface area contributed by atoms with Gasteiger partial charge in [-0.3, -0.25) is 39.0 Å². The fourth-order valence-corrected chi connectivity index (χ4v) is 9.49. The lowest BCUT2D eigenvalue weighted by Gasteiger charge is -2.43. The minimum atomic E-state index is -1.03. The van der Waals surface area contributed by atoms with E-state index in [0.29, 0.717) is 79.0 Å². The number of piperazine rings is 1. The van der Waals surface area contributed by atoms with E-state index in [9.17, 15) is 34.0 Å². The number of aromatic nitrogens is 4. The van der Waals surface area contributed by atoms with Crippen molar-refractivity contribution in [1.82, 2.24) is 40.2 Å². The molecule has 60 heavy (non-hydrogen) atoms. The number of carbonyl (C=O) groups is 6. The Bertz CT molecular complexity index is 2480. The van der Waals surface area contributed by atoms with Crippen molar-refractivity contribution in [2.24, 2.45) is 5.92 Å². The predicted octanol–water partition coefficient (Wildman–Crippen LogP) is 3.47. The number of rotatable bonds is 8. The Labute approximate surface area is 345 Å². The van der Waals surface area contributed by atoms with Crippen molar-refractivity contribution in [1.29, 1.82) is 5.26 Å². The monoisotopic (exact) mass is 811 g/mol. The topological polar surface area (TPSA) is 216 Å². The van der Waals surface area contributed by atoms with Crippen LogP contribution in [0.15, 0.2) is 48.9 Å². The van der Waals surface area contributed by atoms with Crippen molar-refractivity contribution in [3.8, 4) is 11.9 Å². The number of anilines is 2. The summed E-state index contributed by atoms with van der Waals surface area (Å²) in [5, 5.41) is 23.5. The molecule has 5 aliphatic rings. The molecular formula is C43H45N11O6. The first-order chi connectivity index (χ1) is 29.1. The van der Waals surface area contributed by atoms with Gasteiger partial charge in [0.05, 0.1) is 34.1 Å². The highest BCUT2D eigenvalue weighted by molar-refractivity contribution is 6.23. The van der Waals surface area contributed by atoms with Crippen LogP contribution in [0.1, 0.15) is 108 Å². The molecule has 308 valence electrons. The maximum Gasteiger partial charge on any atom is 0.262 e. The third kappa shape index (κ3) is 7.20. The molecule has 0 radical (unpaired) electrons. The number of hydrogen-bond donors (Lipinski definition) is 3. The highest BCUT2D eigenvalue weighted by atomic mass is 16.2. The second-order valence-electron chi connectivity index (χ2n) is 16.5. The van der Waals surface area contributed by atoms with Gasteiger partial charge in [-0.1, -0.05) is 12.8 Å². The first kappa shape index (κ1) is 38.8. The van der Waals surface area contributed by atoms with E-state index >= 15 is 0 Å². The van der Waals surface area contributed by atoms with Gasteiger partial charge in [-0.2, -0.15) is 15.0 Å². The maximum atomic E-state index is 13.8. The molecular weight excluding hydrogens is 767 g/mol. The van der Waals surface area contributed by atoms with E-state index in [-0.39, 0.29) is 59.8 Å². The van der Waals surface area contributed by atoms with E-state index in [2.05, 4.69) is 42.0 Å². The number of nitrogens with one attached hydrogen (secondary N) is 3. The van der Waals surface area contributed by atoms with Gasteiger partial charge in [0.25, 0.3) is 17.7 Å². The Morgan fingerprint density at radius 1 is 0.867 bits per heavy atom. The van der Waals surface area contributed by atoms with E-state index in [1.54, 1.807) is 41.3 Å². The molecule has 3 aliphatic heterocycles. The lowest BCUT2D eigenvalue weighted by atomic mass is 9.84. The number of nitriles is 1. The van der Waals surface area contributed by atoms with Crippen LogP contribution in [0.5, 0.6) is 0 Å². The van der Waals surface area contributed by atoms with E-state index in [1.807, 2.05) is 17.9 Å². The van der Waals surface area contributed by atoms with Crippen molar-refractivity contribution in [2.45, 2.75) is 95.3 Å². The number of amides is 6. The minimum Gasteiger partial charge on any atom is -0.382 e. The van der Waals surface area contributed by atoms with Gasteiger partial charge in [0.1, 0.15) is 12.1 Å². The number of piperidine rings is 1. The van der Waals surface area contributed by atoms with Gasteiger partial charge in [0.2, 0.25) is 17.7 Å². The summed E-state index contributed by atoms with van der Waals surface area (Å²) in [6, 6.07) is 9.81. The molecule has 17 heteroatoms. The molecule has 4 fully saturated rings. The van der Waals surface area contributed by atoms with E-state index in [4.69, 9.17) is 0 Å². The summed E-state index contributed by atoms with van der Waals surface area (Å²) >= 11 is 0. The summed E-state index contributed by atoms with van der Waals surface area (Å²) in [7, 11) is 0. The fraction of sp³-hybridized carbons (Fsp3) is 0.442. The summed E-state index contributed by atoms with van der Waals surface area (Å²) in [6.07, 6.45) is 11.8. The van der Waals surface area contributed by atoms with Gasteiger partial charge in [0, 0.05) is 79.6 Å². The molecule has 3 aromatic heterocycles. The van der Waals surface area contributed by atoms with Crippen LogP contribution >= 0.6 is 0 Å². The zero-order chi connectivity index (χ0) is 41.7. The summed E-state index contributed by atoms with van der Waals surface area (Å²) in [6.45, 7) is 3.55. The number of pyridine rings is 2. The summed E-state index contributed by atoms with van der Waals surface area (Å²) < 4.78 is 1.61. The normalized spacial score (nSPS) is 23.4. The Morgan fingerprint density at radius 2 is 1.65 bits per heavy atom. The van der Waals surface area contributed by atoms with Crippen molar-refractivity contribution < 1.29 is 28.8 Å². The summed E-state index contributed by atoms with van der Waals surface area (Å²) in [5.41, 5.74) is 3.32. The zero-order valence-corrected chi connectivity index (χ0v) is 33.2. The predicted molar refractivity (Wildman–Crippen MR) is 217 cm³/mol. The number of carbonyl (C=O) groups excluding carboxylic acids is 6. The first-order valence-corrected chi connectivity index (χ1v) is 20.8. The van der Waals surface area contributed by atoms with Gasteiger partial charge in [-0.15, -0.1) is 0 Å². The summed E-state index contributed by atoms with van der Waals surface area (Å²) in [4.78, 5) is 92.5.